The van der Waals surface area contributed by atoms with Gasteiger partial charge in [-0.1, -0.05) is 30.3 Å². The van der Waals surface area contributed by atoms with Crippen molar-refractivity contribution in [3.63, 3.8) is 0 Å². The Bertz CT molecular complexity index is 2400. The third-order valence-electron chi connectivity index (χ3n) is 10.7. The number of nitrogens with zero attached hydrogens (tertiary/aromatic N) is 5. The van der Waals surface area contributed by atoms with Crippen LogP contribution in [0.2, 0.25) is 0 Å². The van der Waals surface area contributed by atoms with Crippen LogP contribution in [-0.4, -0.2) is 61.9 Å². The number of piperidine rings is 2. The maximum atomic E-state index is 15.4. The molecule has 5 aromatic rings. The number of benzene rings is 3. The Labute approximate surface area is 324 Å². The summed E-state index contributed by atoms with van der Waals surface area (Å²) in [5.41, 5.74) is 1.95. The van der Waals surface area contributed by atoms with E-state index in [1.807, 2.05) is 18.2 Å². The Hall–Kier alpha value is -6.10. The lowest BCUT2D eigenvalue weighted by Crippen LogP contribution is -2.44. The van der Waals surface area contributed by atoms with Crippen LogP contribution in [0.5, 0.6) is 0 Å². The third-order valence-corrected chi connectivity index (χ3v) is 10.7. The summed E-state index contributed by atoms with van der Waals surface area (Å²) in [7, 11) is 3.11. The largest absolute Gasteiger partial charge is 0.421 e. The van der Waals surface area contributed by atoms with Gasteiger partial charge in [0.05, 0.1) is 22.3 Å². The molecule has 0 saturated carbocycles. The van der Waals surface area contributed by atoms with E-state index in [0.29, 0.717) is 29.7 Å². The molecule has 0 bridgehead atoms. The monoisotopic (exact) mass is 787 g/mol. The number of carbonyl (C=O) groups is 3. The van der Waals surface area contributed by atoms with Gasteiger partial charge in [-0.05, 0) is 87.0 Å². The number of carbonyl (C=O) groups excluding carboxylic acids is 3. The van der Waals surface area contributed by atoms with Gasteiger partial charge in [0, 0.05) is 44.5 Å². The first-order valence-corrected chi connectivity index (χ1v) is 18.6. The van der Waals surface area contributed by atoms with Gasteiger partial charge in [-0.2, -0.15) is 18.2 Å². The van der Waals surface area contributed by atoms with Crippen LogP contribution < -0.4 is 27.0 Å². The zero-order valence-corrected chi connectivity index (χ0v) is 31.3. The van der Waals surface area contributed by atoms with Crippen molar-refractivity contribution in [1.82, 2.24) is 34.6 Å². The summed E-state index contributed by atoms with van der Waals surface area (Å²) in [5.74, 6) is -2.16. The van der Waals surface area contributed by atoms with Crippen LogP contribution in [0, 0.1) is 11.7 Å². The summed E-state index contributed by atoms with van der Waals surface area (Å²) in [6.45, 7) is 1.90. The van der Waals surface area contributed by atoms with Crippen LogP contribution in [-0.2, 0) is 35.8 Å². The van der Waals surface area contributed by atoms with Gasteiger partial charge >= 0.3 is 11.9 Å². The van der Waals surface area contributed by atoms with E-state index >= 15 is 4.39 Å². The highest BCUT2D eigenvalue weighted by Crippen LogP contribution is 2.36. The van der Waals surface area contributed by atoms with Crippen molar-refractivity contribution in [2.45, 2.75) is 57.3 Å². The first-order valence-electron chi connectivity index (χ1n) is 18.6. The maximum Gasteiger partial charge on any atom is 0.421 e. The lowest BCUT2D eigenvalue weighted by Gasteiger charge is -2.32. The first-order chi connectivity index (χ1) is 27.3. The fourth-order valence-corrected chi connectivity index (χ4v) is 7.66. The molecule has 298 valence electrons. The molecule has 13 nitrogen and oxygen atoms in total. The molecular weight excluding hydrogens is 746 g/mol. The normalized spacial score (nSPS) is 16.8. The number of imide groups is 1. The Morgan fingerprint density at radius 3 is 2.46 bits per heavy atom. The average molecular weight is 788 g/mol. The number of aryl methyl sites for hydroxylation is 2. The lowest BCUT2D eigenvalue weighted by molar-refractivity contribution is -0.138. The van der Waals surface area contributed by atoms with Gasteiger partial charge in [-0.3, -0.25) is 33.7 Å². The van der Waals surface area contributed by atoms with Gasteiger partial charge < -0.3 is 16.0 Å². The first kappa shape index (κ1) is 39.1. The number of anilines is 4. The van der Waals surface area contributed by atoms with Crippen molar-refractivity contribution < 1.29 is 31.9 Å². The Morgan fingerprint density at radius 2 is 1.74 bits per heavy atom. The van der Waals surface area contributed by atoms with Crippen LogP contribution >= 0.6 is 0 Å². The molecule has 4 N–H and O–H groups in total. The molecule has 0 aliphatic carbocycles. The molecule has 3 aromatic carbocycles. The van der Waals surface area contributed by atoms with Crippen molar-refractivity contribution in [1.29, 1.82) is 0 Å². The van der Waals surface area contributed by atoms with Crippen molar-refractivity contribution in [2.24, 2.45) is 13.0 Å². The molecule has 4 heterocycles. The molecule has 2 aliphatic heterocycles. The number of likely N-dealkylation sites (tertiary alicyclic amines) is 1. The molecule has 1 atom stereocenters. The highest BCUT2D eigenvalue weighted by atomic mass is 19.4. The second-order valence-electron chi connectivity index (χ2n) is 14.4. The lowest BCUT2D eigenvalue weighted by atomic mass is 9.90. The smallest absolute Gasteiger partial charge is 0.355 e. The number of amides is 3. The average Bonchev–Trinajstić information content (AvgIpc) is 3.44. The highest BCUT2D eigenvalue weighted by molar-refractivity contribution is 6.01. The number of hydrogen-bond acceptors (Lipinski definition) is 9. The van der Waals surface area contributed by atoms with E-state index in [1.165, 1.54) is 29.8 Å². The number of halogens is 4. The van der Waals surface area contributed by atoms with Gasteiger partial charge in [0.2, 0.25) is 17.8 Å². The number of para-hydroxylation sites is 2. The zero-order valence-electron chi connectivity index (χ0n) is 31.3. The standard InChI is InChI=1S/C40H41F4N9O4/c1-45-36(55)27-7-3-4-8-30(27)48-35-28(40(42,43)44)21-46-38(50-35)47-26-13-12-25(29(41)20-26)22-52-18-16-23(17-19-52)10-11-24-6-5-9-31-34(24)51(2)39(57)53(31)32-14-15-33(54)49-37(32)56/h3-9,12-13,20-21,23,32H,10-11,14-19,22H2,1-2H3,(H,45,55)(H,49,54,56)(H2,46,47,48,50). The van der Waals surface area contributed by atoms with Crippen molar-refractivity contribution >= 4 is 51.9 Å². The van der Waals surface area contributed by atoms with Crippen LogP contribution in [0.1, 0.15) is 65.2 Å². The van der Waals surface area contributed by atoms with Gasteiger partial charge in [0.1, 0.15) is 23.2 Å². The molecule has 0 spiro atoms. The Balaban J connectivity index is 0.966. The number of imidazole rings is 1. The molecule has 7 rings (SSSR count). The van der Waals surface area contributed by atoms with Crippen molar-refractivity contribution in [2.75, 3.05) is 30.8 Å². The highest BCUT2D eigenvalue weighted by Gasteiger charge is 2.36. The number of rotatable bonds is 11. The van der Waals surface area contributed by atoms with Gasteiger partial charge in [-0.15, -0.1) is 0 Å². The predicted molar refractivity (Wildman–Crippen MR) is 205 cm³/mol. The second kappa shape index (κ2) is 16.2. The number of fused-ring (bicyclic) bond motifs is 1. The van der Waals surface area contributed by atoms with Crippen molar-refractivity contribution in [3.8, 4) is 0 Å². The molecule has 2 aromatic heterocycles. The van der Waals surface area contributed by atoms with E-state index in [4.69, 9.17) is 0 Å². The summed E-state index contributed by atoms with van der Waals surface area (Å²) >= 11 is 0. The second-order valence-corrected chi connectivity index (χ2v) is 14.4. The molecule has 2 fully saturated rings. The number of aromatic nitrogens is 4. The van der Waals surface area contributed by atoms with E-state index in [1.54, 1.807) is 35.9 Å². The molecular formula is C40H41F4N9O4. The number of alkyl halides is 3. The summed E-state index contributed by atoms with van der Waals surface area (Å²) in [5, 5.41) is 10.2. The van der Waals surface area contributed by atoms with E-state index in [0.717, 1.165) is 49.9 Å². The minimum atomic E-state index is -4.80. The summed E-state index contributed by atoms with van der Waals surface area (Å²) < 4.78 is 60.2. The third kappa shape index (κ3) is 8.38. The van der Waals surface area contributed by atoms with Crippen LogP contribution in [0.15, 0.2) is 71.7 Å². The molecule has 3 amide bonds. The molecule has 1 unspecified atom stereocenters. The molecule has 0 radical (unpaired) electrons. The van der Waals surface area contributed by atoms with E-state index in [2.05, 4.69) is 36.1 Å². The van der Waals surface area contributed by atoms with Crippen LogP contribution in [0.3, 0.4) is 0 Å². The molecule has 2 saturated heterocycles. The molecule has 2 aliphatic rings. The molecule has 17 heteroatoms. The van der Waals surface area contributed by atoms with Crippen molar-refractivity contribution in [3.05, 3.63) is 105 Å². The Morgan fingerprint density at radius 1 is 0.965 bits per heavy atom. The quantitative estimate of drug-likeness (QED) is 0.0939. The molecule has 57 heavy (non-hydrogen) atoms. The Kier molecular flexibility index (Phi) is 11.1. The maximum absolute atomic E-state index is 15.4. The minimum absolute atomic E-state index is 0.108. The number of hydrogen-bond donors (Lipinski definition) is 4. The van der Waals surface area contributed by atoms with Crippen LogP contribution in [0.4, 0.5) is 40.7 Å². The van der Waals surface area contributed by atoms with E-state index < -0.39 is 41.2 Å². The van der Waals surface area contributed by atoms with Gasteiger partial charge in [0.15, 0.2) is 0 Å². The fraction of sp³-hybridized carbons (Fsp3) is 0.350. The number of nitrogens with one attached hydrogen (secondary N) is 4. The zero-order chi connectivity index (χ0) is 40.4. The minimum Gasteiger partial charge on any atom is -0.355 e. The van der Waals surface area contributed by atoms with Gasteiger partial charge in [-0.25, -0.2) is 14.2 Å². The predicted octanol–water partition coefficient (Wildman–Crippen LogP) is 5.96. The van der Waals surface area contributed by atoms with Crippen LogP contribution in [0.25, 0.3) is 11.0 Å². The SMILES string of the molecule is CNC(=O)c1ccccc1Nc1nc(Nc2ccc(CN3CCC(CCc4cccc5c4n(C)c(=O)n5C4CCC(=O)NC4=O)CC3)c(F)c2)ncc1C(F)(F)F. The summed E-state index contributed by atoms with van der Waals surface area (Å²) in [6, 6.07) is 15.5. The van der Waals surface area contributed by atoms with E-state index in [-0.39, 0.29) is 47.3 Å². The fourth-order valence-electron chi connectivity index (χ4n) is 7.66. The topological polar surface area (TPSA) is 155 Å². The summed E-state index contributed by atoms with van der Waals surface area (Å²) in [6.07, 6.45) is -0.288. The van der Waals surface area contributed by atoms with Gasteiger partial charge in [0.25, 0.3) is 5.91 Å². The summed E-state index contributed by atoms with van der Waals surface area (Å²) in [4.78, 5) is 60.0. The van der Waals surface area contributed by atoms with E-state index in [9.17, 15) is 32.3 Å².